The number of ether oxygens (including phenoxy) is 1. The smallest absolute Gasteiger partial charge is 0.338 e. The molecule has 2 rings (SSSR count). The van der Waals surface area contributed by atoms with Gasteiger partial charge in [-0.25, -0.2) is 4.79 Å². The van der Waals surface area contributed by atoms with Crippen molar-refractivity contribution in [3.63, 3.8) is 0 Å². The van der Waals surface area contributed by atoms with Crippen LogP contribution in [0.4, 0.5) is 5.69 Å². The Labute approximate surface area is 156 Å². The summed E-state index contributed by atoms with van der Waals surface area (Å²) in [6.45, 7) is 6.64. The third-order valence-corrected chi connectivity index (χ3v) is 3.84. The molecule has 9 heteroatoms. The number of rotatable bonds is 8. The number of nitro benzene ring substituents is 1. The van der Waals surface area contributed by atoms with Crippen molar-refractivity contribution in [3.8, 4) is 0 Å². The Balaban J connectivity index is 2.02. The number of nitrogens with one attached hydrogen (secondary N) is 1. The van der Waals surface area contributed by atoms with E-state index in [2.05, 4.69) is 10.4 Å². The number of nitrogens with zero attached hydrogens (tertiary/aromatic N) is 3. The number of hydrogen-bond donors (Lipinski definition) is 1. The van der Waals surface area contributed by atoms with Crippen LogP contribution < -0.4 is 5.32 Å². The lowest BCUT2D eigenvalue weighted by atomic mass is 10.1. The number of benzene rings is 1. The first-order chi connectivity index (χ1) is 12.8. The first-order valence-corrected chi connectivity index (χ1v) is 8.57. The molecule has 0 unspecified atom stereocenters. The molecule has 2 aromatic rings. The number of non-ortho nitro benzene ring substituents is 1. The van der Waals surface area contributed by atoms with Crippen LogP contribution in [0.25, 0.3) is 0 Å². The highest BCUT2D eigenvalue weighted by molar-refractivity contribution is 5.98. The Morgan fingerprint density at radius 3 is 2.52 bits per heavy atom. The summed E-state index contributed by atoms with van der Waals surface area (Å²) in [4.78, 5) is 34.6. The summed E-state index contributed by atoms with van der Waals surface area (Å²) in [7, 11) is 0. The molecule has 0 spiro atoms. The van der Waals surface area contributed by atoms with Gasteiger partial charge in [-0.2, -0.15) is 5.10 Å². The van der Waals surface area contributed by atoms with Crippen LogP contribution in [0.2, 0.25) is 0 Å². The van der Waals surface area contributed by atoms with E-state index in [1.165, 1.54) is 6.07 Å². The highest BCUT2D eigenvalue weighted by Gasteiger charge is 2.18. The second-order valence-corrected chi connectivity index (χ2v) is 6.01. The largest absolute Gasteiger partial charge is 0.462 e. The second kappa shape index (κ2) is 8.93. The zero-order valence-electron chi connectivity index (χ0n) is 15.5. The molecule has 0 bridgehead atoms. The summed E-state index contributed by atoms with van der Waals surface area (Å²) in [5.74, 6) is -1.20. The number of hydrogen-bond acceptors (Lipinski definition) is 6. The van der Waals surface area contributed by atoms with Crippen LogP contribution >= 0.6 is 0 Å². The van der Waals surface area contributed by atoms with Crippen LogP contribution in [0.15, 0.2) is 24.3 Å². The molecule has 1 aromatic carbocycles. The molecule has 0 atom stereocenters. The Hall–Kier alpha value is -3.23. The summed E-state index contributed by atoms with van der Waals surface area (Å²) >= 11 is 0. The van der Waals surface area contributed by atoms with E-state index < -0.39 is 16.8 Å². The molecule has 144 valence electrons. The van der Waals surface area contributed by atoms with Gasteiger partial charge in [-0.3, -0.25) is 19.6 Å². The Morgan fingerprint density at radius 2 is 1.93 bits per heavy atom. The van der Waals surface area contributed by atoms with E-state index in [0.29, 0.717) is 19.5 Å². The number of aromatic nitrogens is 2. The minimum Gasteiger partial charge on any atom is -0.462 e. The van der Waals surface area contributed by atoms with Crippen LogP contribution in [0, 0.1) is 24.0 Å². The number of esters is 1. The van der Waals surface area contributed by atoms with Crippen LogP contribution in [0.1, 0.15) is 45.4 Å². The molecule has 0 aliphatic rings. The second-order valence-electron chi connectivity index (χ2n) is 6.01. The van der Waals surface area contributed by atoms with Gasteiger partial charge in [0, 0.05) is 36.5 Å². The van der Waals surface area contributed by atoms with Crippen molar-refractivity contribution in [3.05, 3.63) is 56.9 Å². The van der Waals surface area contributed by atoms with Gasteiger partial charge in [0.15, 0.2) is 0 Å². The molecular weight excluding hydrogens is 352 g/mol. The van der Waals surface area contributed by atoms with Gasteiger partial charge < -0.3 is 10.1 Å². The third-order valence-electron chi connectivity index (χ3n) is 3.84. The van der Waals surface area contributed by atoms with Gasteiger partial charge >= 0.3 is 5.97 Å². The molecule has 0 aliphatic carbocycles. The monoisotopic (exact) mass is 374 g/mol. The van der Waals surface area contributed by atoms with Crippen molar-refractivity contribution in [1.29, 1.82) is 0 Å². The van der Waals surface area contributed by atoms with E-state index in [1.54, 1.807) is 6.92 Å². The number of carbonyl (C=O) groups is 2. The fraction of sp³-hybridized carbons (Fsp3) is 0.389. The van der Waals surface area contributed by atoms with Gasteiger partial charge in [-0.15, -0.1) is 0 Å². The molecule has 1 aromatic heterocycles. The van der Waals surface area contributed by atoms with Crippen LogP contribution in [0.3, 0.4) is 0 Å². The van der Waals surface area contributed by atoms with E-state index >= 15 is 0 Å². The number of amides is 1. The zero-order valence-corrected chi connectivity index (χ0v) is 15.5. The van der Waals surface area contributed by atoms with Crippen molar-refractivity contribution < 1.29 is 19.2 Å². The van der Waals surface area contributed by atoms with Crippen LogP contribution in [-0.2, 0) is 11.3 Å². The van der Waals surface area contributed by atoms with Crippen LogP contribution in [-0.4, -0.2) is 39.7 Å². The van der Waals surface area contributed by atoms with Crippen molar-refractivity contribution in [2.24, 2.45) is 0 Å². The SMILES string of the molecule is CCOC(=O)c1cc(C(=O)NCCCn2nc(C)cc2C)cc([N+](=O)[O-])c1. The molecular formula is C18H22N4O5. The molecule has 0 aliphatic heterocycles. The van der Waals surface area contributed by atoms with Crippen molar-refractivity contribution >= 4 is 17.6 Å². The summed E-state index contributed by atoms with van der Waals surface area (Å²) in [5.41, 5.74) is 1.64. The van der Waals surface area contributed by atoms with Crippen molar-refractivity contribution in [1.82, 2.24) is 15.1 Å². The van der Waals surface area contributed by atoms with E-state index in [0.717, 1.165) is 23.5 Å². The first kappa shape index (κ1) is 20.1. The van der Waals surface area contributed by atoms with E-state index in [1.807, 2.05) is 24.6 Å². The predicted molar refractivity (Wildman–Crippen MR) is 97.7 cm³/mol. The topological polar surface area (TPSA) is 116 Å². The number of aryl methyl sites for hydroxylation is 3. The van der Waals surface area contributed by atoms with Gasteiger partial charge in [0.2, 0.25) is 0 Å². The van der Waals surface area contributed by atoms with E-state index in [4.69, 9.17) is 4.74 Å². The standard InChI is InChI=1S/C18H22N4O5/c1-4-27-18(24)15-9-14(10-16(11-15)22(25)26)17(23)19-6-5-7-21-13(3)8-12(2)20-21/h8-11H,4-7H2,1-3H3,(H,19,23). The average Bonchev–Trinajstić information content (AvgIpc) is 2.95. The van der Waals surface area contributed by atoms with Crippen molar-refractivity contribution in [2.75, 3.05) is 13.2 Å². The molecule has 1 heterocycles. The predicted octanol–water partition coefficient (Wildman–Crippen LogP) is 2.40. The minimum absolute atomic E-state index is 0.0289. The van der Waals surface area contributed by atoms with Crippen LogP contribution in [0.5, 0.6) is 0 Å². The maximum atomic E-state index is 12.3. The van der Waals surface area contributed by atoms with Gasteiger partial charge in [0.25, 0.3) is 11.6 Å². The number of nitro groups is 1. The highest BCUT2D eigenvalue weighted by atomic mass is 16.6. The van der Waals surface area contributed by atoms with Gasteiger partial charge in [0.1, 0.15) is 0 Å². The van der Waals surface area contributed by atoms with Crippen molar-refractivity contribution in [2.45, 2.75) is 33.7 Å². The maximum Gasteiger partial charge on any atom is 0.338 e. The lowest BCUT2D eigenvalue weighted by Gasteiger charge is -2.08. The molecule has 0 saturated carbocycles. The van der Waals surface area contributed by atoms with Gasteiger partial charge in [0.05, 0.1) is 22.8 Å². The van der Waals surface area contributed by atoms with E-state index in [-0.39, 0.29) is 23.4 Å². The molecule has 1 amide bonds. The zero-order chi connectivity index (χ0) is 20.0. The summed E-state index contributed by atoms with van der Waals surface area (Å²) in [5, 5.41) is 18.1. The Morgan fingerprint density at radius 1 is 1.22 bits per heavy atom. The first-order valence-electron chi connectivity index (χ1n) is 8.57. The molecule has 1 N–H and O–H groups in total. The van der Waals surface area contributed by atoms with Gasteiger partial charge in [-0.1, -0.05) is 0 Å². The quantitative estimate of drug-likeness (QED) is 0.328. The fourth-order valence-corrected chi connectivity index (χ4v) is 2.61. The van der Waals surface area contributed by atoms with Gasteiger partial charge in [-0.05, 0) is 39.3 Å². The Bertz CT molecular complexity index is 859. The highest BCUT2D eigenvalue weighted by Crippen LogP contribution is 2.18. The molecule has 0 fully saturated rings. The summed E-state index contributed by atoms with van der Waals surface area (Å²) in [6.07, 6.45) is 0.646. The fourth-order valence-electron chi connectivity index (χ4n) is 2.61. The molecule has 9 nitrogen and oxygen atoms in total. The summed E-state index contributed by atoms with van der Waals surface area (Å²) < 4.78 is 6.71. The normalized spacial score (nSPS) is 10.5. The molecule has 0 radical (unpaired) electrons. The third kappa shape index (κ3) is 5.37. The summed E-state index contributed by atoms with van der Waals surface area (Å²) in [6, 6.07) is 5.50. The maximum absolute atomic E-state index is 12.3. The van der Waals surface area contributed by atoms with E-state index in [9.17, 15) is 19.7 Å². The number of carbonyl (C=O) groups excluding carboxylic acids is 2. The lowest BCUT2D eigenvalue weighted by molar-refractivity contribution is -0.384. The lowest BCUT2D eigenvalue weighted by Crippen LogP contribution is -2.26. The molecule has 0 saturated heterocycles. The average molecular weight is 374 g/mol. The Kier molecular flexibility index (Phi) is 6.64. The molecule has 27 heavy (non-hydrogen) atoms. The minimum atomic E-state index is -0.709.